The fourth-order valence-electron chi connectivity index (χ4n) is 2.58. The number of rotatable bonds is 7. The second-order valence-corrected chi connectivity index (χ2v) is 7.72. The predicted octanol–water partition coefficient (Wildman–Crippen LogP) is 6.66. The maximum absolute atomic E-state index is 9.36. The first-order valence-electron chi connectivity index (χ1n) is 8.42. The fraction of sp³-hybridized carbons (Fsp3) is 0.143. The van der Waals surface area contributed by atoms with Gasteiger partial charge in [0.2, 0.25) is 0 Å². The molecule has 0 aliphatic heterocycles. The number of nitrogens with one attached hydrogen (secondary N) is 1. The van der Waals surface area contributed by atoms with Gasteiger partial charge in [-0.1, -0.05) is 29.3 Å². The van der Waals surface area contributed by atoms with Gasteiger partial charge in [0, 0.05) is 12.2 Å². The van der Waals surface area contributed by atoms with E-state index in [-0.39, 0.29) is 5.75 Å². The normalized spacial score (nSPS) is 10.6. The number of aromatic hydroxyl groups is 1. The lowest BCUT2D eigenvalue weighted by molar-refractivity contribution is 0.282. The second kappa shape index (κ2) is 9.41. The molecule has 3 aromatic rings. The molecule has 3 aromatic carbocycles. The van der Waals surface area contributed by atoms with Crippen LogP contribution in [0.5, 0.6) is 17.2 Å². The highest BCUT2D eigenvalue weighted by molar-refractivity contribution is 9.10. The topological polar surface area (TPSA) is 50.7 Å². The molecule has 0 amide bonds. The molecule has 0 heterocycles. The highest BCUT2D eigenvalue weighted by Crippen LogP contribution is 2.37. The molecular formula is C21H18BrCl2NO3. The van der Waals surface area contributed by atoms with Crippen molar-refractivity contribution in [3.63, 3.8) is 0 Å². The van der Waals surface area contributed by atoms with Crippen molar-refractivity contribution >= 4 is 44.8 Å². The number of phenols is 1. The summed E-state index contributed by atoms with van der Waals surface area (Å²) in [6.07, 6.45) is 0. The Morgan fingerprint density at radius 2 is 1.71 bits per heavy atom. The smallest absolute Gasteiger partial charge is 0.175 e. The van der Waals surface area contributed by atoms with Crippen LogP contribution in [0.3, 0.4) is 0 Å². The van der Waals surface area contributed by atoms with Crippen LogP contribution in [0.1, 0.15) is 11.1 Å². The van der Waals surface area contributed by atoms with Crippen molar-refractivity contribution in [1.82, 2.24) is 0 Å². The highest BCUT2D eigenvalue weighted by atomic mass is 79.9. The Labute approximate surface area is 182 Å². The standard InChI is InChI=1S/C21H18BrCl2NO3/c1-27-20-10-14(11-25-15-3-5-16(26)6-4-15)8-17(22)21(20)28-12-13-2-7-18(23)19(24)9-13/h2-10,25-26H,11-12H2,1H3. The van der Waals surface area contributed by atoms with Crippen LogP contribution in [-0.4, -0.2) is 12.2 Å². The molecule has 7 heteroatoms. The molecule has 0 bridgehead atoms. The molecule has 0 aromatic heterocycles. The fourth-order valence-corrected chi connectivity index (χ4v) is 3.51. The molecule has 0 radical (unpaired) electrons. The third-order valence-corrected chi connectivity index (χ3v) is 5.35. The first kappa shape index (κ1) is 20.6. The van der Waals surface area contributed by atoms with Gasteiger partial charge in [0.1, 0.15) is 12.4 Å². The van der Waals surface area contributed by atoms with E-state index in [0.29, 0.717) is 34.7 Å². The number of phenolic OH excluding ortho intramolecular Hbond substituents is 1. The van der Waals surface area contributed by atoms with Gasteiger partial charge >= 0.3 is 0 Å². The van der Waals surface area contributed by atoms with Crippen molar-refractivity contribution in [3.05, 3.63) is 80.2 Å². The van der Waals surface area contributed by atoms with Gasteiger partial charge in [-0.15, -0.1) is 0 Å². The lowest BCUT2D eigenvalue weighted by Gasteiger charge is -2.15. The Balaban J connectivity index is 1.71. The van der Waals surface area contributed by atoms with E-state index in [1.165, 1.54) is 0 Å². The summed E-state index contributed by atoms with van der Waals surface area (Å²) >= 11 is 15.6. The molecule has 0 aliphatic rings. The summed E-state index contributed by atoms with van der Waals surface area (Å²) in [5.41, 5.74) is 2.83. The van der Waals surface area contributed by atoms with Gasteiger partial charge in [0.05, 0.1) is 21.6 Å². The maximum atomic E-state index is 9.36. The number of benzene rings is 3. The number of ether oxygens (including phenoxy) is 2. The van der Waals surface area contributed by atoms with E-state index >= 15 is 0 Å². The molecule has 28 heavy (non-hydrogen) atoms. The Bertz CT molecular complexity index is 965. The minimum absolute atomic E-state index is 0.235. The highest BCUT2D eigenvalue weighted by Gasteiger charge is 2.12. The Kier molecular flexibility index (Phi) is 6.94. The summed E-state index contributed by atoms with van der Waals surface area (Å²) in [4.78, 5) is 0. The van der Waals surface area contributed by atoms with Gasteiger partial charge in [0.15, 0.2) is 11.5 Å². The second-order valence-electron chi connectivity index (χ2n) is 6.05. The molecule has 0 aliphatic carbocycles. The lowest BCUT2D eigenvalue weighted by Crippen LogP contribution is -2.02. The molecule has 0 unspecified atom stereocenters. The minimum Gasteiger partial charge on any atom is -0.508 e. The van der Waals surface area contributed by atoms with Crippen LogP contribution in [-0.2, 0) is 13.2 Å². The maximum Gasteiger partial charge on any atom is 0.175 e. The van der Waals surface area contributed by atoms with Crippen LogP contribution in [0.4, 0.5) is 5.69 Å². The predicted molar refractivity (Wildman–Crippen MR) is 117 cm³/mol. The summed E-state index contributed by atoms with van der Waals surface area (Å²) < 4.78 is 12.2. The van der Waals surface area contributed by atoms with Crippen molar-refractivity contribution in [2.24, 2.45) is 0 Å². The van der Waals surface area contributed by atoms with E-state index in [2.05, 4.69) is 21.2 Å². The molecule has 0 atom stereocenters. The first-order valence-corrected chi connectivity index (χ1v) is 9.97. The minimum atomic E-state index is 0.235. The van der Waals surface area contributed by atoms with Gasteiger partial charge in [0.25, 0.3) is 0 Å². The summed E-state index contributed by atoms with van der Waals surface area (Å²) in [6, 6.07) is 16.2. The number of hydrogen-bond donors (Lipinski definition) is 2. The van der Waals surface area contributed by atoms with Crippen molar-refractivity contribution in [2.45, 2.75) is 13.2 Å². The Morgan fingerprint density at radius 1 is 0.964 bits per heavy atom. The van der Waals surface area contributed by atoms with Crippen molar-refractivity contribution in [2.75, 3.05) is 12.4 Å². The van der Waals surface area contributed by atoms with Gasteiger partial charge < -0.3 is 19.9 Å². The molecule has 0 spiro atoms. The largest absolute Gasteiger partial charge is 0.508 e. The quantitative estimate of drug-likeness (QED) is 0.369. The van der Waals surface area contributed by atoms with E-state index in [1.807, 2.05) is 30.3 Å². The first-order chi connectivity index (χ1) is 13.5. The summed E-state index contributed by atoms with van der Waals surface area (Å²) in [5.74, 6) is 1.47. The van der Waals surface area contributed by atoms with Crippen LogP contribution < -0.4 is 14.8 Å². The zero-order chi connectivity index (χ0) is 20.1. The molecule has 0 saturated carbocycles. The monoisotopic (exact) mass is 481 g/mol. The average molecular weight is 483 g/mol. The summed E-state index contributed by atoms with van der Waals surface area (Å²) in [5, 5.41) is 13.7. The van der Waals surface area contributed by atoms with Gasteiger partial charge in [-0.2, -0.15) is 0 Å². The van der Waals surface area contributed by atoms with Crippen LogP contribution in [0.2, 0.25) is 10.0 Å². The van der Waals surface area contributed by atoms with E-state index in [4.69, 9.17) is 32.7 Å². The van der Waals surface area contributed by atoms with E-state index in [0.717, 1.165) is 21.3 Å². The van der Waals surface area contributed by atoms with Gasteiger partial charge in [-0.25, -0.2) is 0 Å². The zero-order valence-corrected chi connectivity index (χ0v) is 18.1. The Morgan fingerprint density at radius 3 is 2.39 bits per heavy atom. The van der Waals surface area contributed by atoms with Crippen LogP contribution >= 0.6 is 39.1 Å². The molecule has 0 fully saturated rings. The Hall–Kier alpha value is -2.08. The van der Waals surface area contributed by atoms with E-state index in [1.54, 1.807) is 31.4 Å². The van der Waals surface area contributed by atoms with E-state index < -0.39 is 0 Å². The van der Waals surface area contributed by atoms with Crippen molar-refractivity contribution in [3.8, 4) is 17.2 Å². The SMILES string of the molecule is COc1cc(CNc2ccc(O)cc2)cc(Br)c1OCc1ccc(Cl)c(Cl)c1. The third kappa shape index (κ3) is 5.25. The summed E-state index contributed by atoms with van der Waals surface area (Å²) in [7, 11) is 1.60. The zero-order valence-electron chi connectivity index (χ0n) is 15.0. The molecule has 146 valence electrons. The van der Waals surface area contributed by atoms with Gasteiger partial charge in [-0.3, -0.25) is 0 Å². The lowest BCUT2D eigenvalue weighted by atomic mass is 10.2. The molecule has 4 nitrogen and oxygen atoms in total. The molecule has 2 N–H and O–H groups in total. The average Bonchev–Trinajstić information content (AvgIpc) is 2.69. The summed E-state index contributed by atoms with van der Waals surface area (Å²) in [6.45, 7) is 0.920. The molecular weight excluding hydrogens is 465 g/mol. The number of halogens is 3. The van der Waals surface area contributed by atoms with Crippen LogP contribution in [0.25, 0.3) is 0 Å². The number of methoxy groups -OCH3 is 1. The van der Waals surface area contributed by atoms with Crippen LogP contribution in [0, 0.1) is 0 Å². The number of anilines is 1. The van der Waals surface area contributed by atoms with Gasteiger partial charge in [-0.05, 0) is 75.6 Å². The number of hydrogen-bond acceptors (Lipinski definition) is 4. The van der Waals surface area contributed by atoms with Crippen molar-refractivity contribution < 1.29 is 14.6 Å². The van der Waals surface area contributed by atoms with Crippen LogP contribution in [0.15, 0.2) is 59.1 Å². The van der Waals surface area contributed by atoms with Crippen molar-refractivity contribution in [1.29, 1.82) is 0 Å². The van der Waals surface area contributed by atoms with E-state index in [9.17, 15) is 5.11 Å². The molecule has 3 rings (SSSR count). The molecule has 0 saturated heterocycles. The third-order valence-electron chi connectivity index (χ3n) is 4.02.